The highest BCUT2D eigenvalue weighted by atomic mass is 16.1. The number of hydrogen-bond acceptors (Lipinski definition) is 1. The molecule has 1 heteroatoms. The van der Waals surface area contributed by atoms with Gasteiger partial charge in [-0.05, 0) is 30.7 Å². The van der Waals surface area contributed by atoms with Crippen LogP contribution in [0.4, 0.5) is 0 Å². The van der Waals surface area contributed by atoms with Crippen molar-refractivity contribution in [2.45, 2.75) is 37.5 Å². The average molecular weight is 252 g/mol. The molecular formula is C18H20O. The van der Waals surface area contributed by atoms with Crippen molar-refractivity contribution in [1.29, 1.82) is 0 Å². The van der Waals surface area contributed by atoms with Gasteiger partial charge < -0.3 is 0 Å². The lowest BCUT2D eigenvalue weighted by Crippen LogP contribution is -2.36. The third kappa shape index (κ3) is 2.30. The summed E-state index contributed by atoms with van der Waals surface area (Å²) in [6.45, 7) is 0. The molecule has 1 nitrogen and oxygen atoms in total. The van der Waals surface area contributed by atoms with E-state index in [9.17, 15) is 4.79 Å². The van der Waals surface area contributed by atoms with Gasteiger partial charge in [-0.1, -0.05) is 54.6 Å². The molecule has 0 radical (unpaired) electrons. The van der Waals surface area contributed by atoms with Gasteiger partial charge in [0.15, 0.2) is 0 Å². The Hall–Kier alpha value is -1.63. The maximum atomic E-state index is 11.5. The summed E-state index contributed by atoms with van der Waals surface area (Å²) in [7, 11) is 0. The van der Waals surface area contributed by atoms with E-state index in [1.165, 1.54) is 5.56 Å². The number of allylic oxidation sites excluding steroid dienone is 4. The molecule has 0 N–H and O–H groups in total. The van der Waals surface area contributed by atoms with Gasteiger partial charge in [-0.25, -0.2) is 0 Å². The molecule has 0 spiro atoms. The van der Waals surface area contributed by atoms with Crippen LogP contribution in [0.5, 0.6) is 0 Å². The first-order chi connectivity index (χ1) is 9.31. The van der Waals surface area contributed by atoms with Crippen LogP contribution in [0.25, 0.3) is 0 Å². The normalized spacial score (nSPS) is 27.7. The number of hydrogen-bond donors (Lipinski definition) is 0. The molecular weight excluding hydrogens is 232 g/mol. The molecule has 0 bridgehead atoms. The van der Waals surface area contributed by atoms with Crippen molar-refractivity contribution in [3.8, 4) is 0 Å². The molecule has 1 saturated carbocycles. The number of benzene rings is 1. The lowest BCUT2D eigenvalue weighted by Gasteiger charge is -2.41. The fourth-order valence-corrected chi connectivity index (χ4v) is 3.59. The number of carbonyl (C=O) groups is 1. The summed E-state index contributed by atoms with van der Waals surface area (Å²) in [5, 5.41) is 0. The van der Waals surface area contributed by atoms with Gasteiger partial charge in [0.05, 0.1) is 0 Å². The molecule has 0 saturated heterocycles. The minimum Gasteiger partial charge on any atom is -0.300 e. The zero-order chi connectivity index (χ0) is 13.1. The van der Waals surface area contributed by atoms with Crippen molar-refractivity contribution in [3.63, 3.8) is 0 Å². The van der Waals surface area contributed by atoms with Gasteiger partial charge in [-0.3, -0.25) is 4.79 Å². The van der Waals surface area contributed by atoms with Gasteiger partial charge >= 0.3 is 0 Å². The molecule has 1 fully saturated rings. The molecule has 3 rings (SSSR count). The number of ketones is 1. The third-order valence-electron chi connectivity index (χ3n) is 4.68. The minimum atomic E-state index is 0.108. The van der Waals surface area contributed by atoms with Gasteiger partial charge in [0, 0.05) is 18.3 Å². The summed E-state index contributed by atoms with van der Waals surface area (Å²) in [5.74, 6) is 1.03. The van der Waals surface area contributed by atoms with Crippen LogP contribution in [0.3, 0.4) is 0 Å². The SMILES string of the molecule is O=C1CCC([C@]2(c3ccccc3)C=CC=CC2)CC1. The van der Waals surface area contributed by atoms with Crippen LogP contribution in [-0.2, 0) is 10.2 Å². The fraction of sp³-hybridized carbons (Fsp3) is 0.389. The first kappa shape index (κ1) is 12.4. The predicted molar refractivity (Wildman–Crippen MR) is 78.0 cm³/mol. The topological polar surface area (TPSA) is 17.1 Å². The first-order valence-electron chi connectivity index (χ1n) is 7.23. The fourth-order valence-electron chi connectivity index (χ4n) is 3.59. The quantitative estimate of drug-likeness (QED) is 0.771. The monoisotopic (exact) mass is 252 g/mol. The summed E-state index contributed by atoms with van der Waals surface area (Å²) in [5.41, 5.74) is 1.51. The van der Waals surface area contributed by atoms with Crippen molar-refractivity contribution < 1.29 is 4.79 Å². The Morgan fingerprint density at radius 2 is 1.74 bits per heavy atom. The largest absolute Gasteiger partial charge is 0.300 e. The van der Waals surface area contributed by atoms with E-state index in [1.54, 1.807) is 0 Å². The standard InChI is InChI=1S/C18H20O/c19-17-11-9-16(10-12-17)18(13-5-2-6-14-18)15-7-3-1-4-8-15/h1-8,13,16H,9-12,14H2/t18-/m1/s1. The minimum absolute atomic E-state index is 0.108. The van der Waals surface area contributed by atoms with Crippen molar-refractivity contribution in [1.82, 2.24) is 0 Å². The summed E-state index contributed by atoms with van der Waals surface area (Å²) in [4.78, 5) is 11.5. The zero-order valence-corrected chi connectivity index (χ0v) is 11.2. The van der Waals surface area contributed by atoms with Crippen LogP contribution >= 0.6 is 0 Å². The van der Waals surface area contributed by atoms with Crippen molar-refractivity contribution in [3.05, 3.63) is 60.2 Å². The Morgan fingerprint density at radius 1 is 1.00 bits per heavy atom. The summed E-state index contributed by atoms with van der Waals surface area (Å²) < 4.78 is 0. The van der Waals surface area contributed by atoms with Gasteiger partial charge in [-0.15, -0.1) is 0 Å². The van der Waals surface area contributed by atoms with Crippen molar-refractivity contribution in [2.24, 2.45) is 5.92 Å². The number of carbonyl (C=O) groups excluding carboxylic acids is 1. The summed E-state index contributed by atoms with van der Waals surface area (Å²) in [6.07, 6.45) is 13.6. The Labute approximate surface area is 115 Å². The lowest BCUT2D eigenvalue weighted by atomic mass is 9.62. The lowest BCUT2D eigenvalue weighted by molar-refractivity contribution is -0.121. The van der Waals surface area contributed by atoms with E-state index >= 15 is 0 Å². The van der Waals surface area contributed by atoms with Crippen LogP contribution in [0.2, 0.25) is 0 Å². The van der Waals surface area contributed by atoms with E-state index in [1.807, 2.05) is 0 Å². The summed E-state index contributed by atoms with van der Waals surface area (Å²) in [6, 6.07) is 10.8. The second kappa shape index (κ2) is 5.16. The molecule has 0 aromatic heterocycles. The van der Waals surface area contributed by atoms with Crippen LogP contribution in [0, 0.1) is 5.92 Å². The molecule has 0 aliphatic heterocycles. The Bertz CT molecular complexity index is 502. The molecule has 2 aliphatic carbocycles. The first-order valence-corrected chi connectivity index (χ1v) is 7.23. The van der Waals surface area contributed by atoms with Crippen LogP contribution in [0.1, 0.15) is 37.7 Å². The van der Waals surface area contributed by atoms with E-state index in [2.05, 4.69) is 54.6 Å². The molecule has 0 unspecified atom stereocenters. The third-order valence-corrected chi connectivity index (χ3v) is 4.68. The number of rotatable bonds is 2. The Kier molecular flexibility index (Phi) is 3.37. The maximum absolute atomic E-state index is 11.5. The van der Waals surface area contributed by atoms with Gasteiger partial charge in [0.25, 0.3) is 0 Å². The highest BCUT2D eigenvalue weighted by Crippen LogP contribution is 2.45. The van der Waals surface area contributed by atoms with E-state index < -0.39 is 0 Å². The van der Waals surface area contributed by atoms with E-state index in [-0.39, 0.29) is 5.41 Å². The smallest absolute Gasteiger partial charge is 0.132 e. The molecule has 98 valence electrons. The van der Waals surface area contributed by atoms with Crippen molar-refractivity contribution >= 4 is 5.78 Å². The molecule has 2 aliphatic rings. The van der Waals surface area contributed by atoms with Gasteiger partial charge in [-0.2, -0.15) is 0 Å². The van der Waals surface area contributed by atoms with Gasteiger partial charge in [0.2, 0.25) is 0 Å². The van der Waals surface area contributed by atoms with E-state index in [0.29, 0.717) is 11.7 Å². The highest BCUT2D eigenvalue weighted by molar-refractivity contribution is 5.79. The second-order valence-corrected chi connectivity index (χ2v) is 5.71. The molecule has 0 heterocycles. The highest BCUT2D eigenvalue weighted by Gasteiger charge is 2.39. The second-order valence-electron chi connectivity index (χ2n) is 5.71. The molecule has 19 heavy (non-hydrogen) atoms. The Morgan fingerprint density at radius 3 is 2.37 bits per heavy atom. The molecule has 1 aromatic carbocycles. The van der Waals surface area contributed by atoms with Gasteiger partial charge in [0.1, 0.15) is 5.78 Å². The summed E-state index contributed by atoms with van der Waals surface area (Å²) >= 11 is 0. The maximum Gasteiger partial charge on any atom is 0.132 e. The van der Waals surface area contributed by atoms with Crippen LogP contribution in [-0.4, -0.2) is 5.78 Å². The van der Waals surface area contributed by atoms with Crippen molar-refractivity contribution in [2.75, 3.05) is 0 Å². The van der Waals surface area contributed by atoms with Crippen LogP contribution in [0.15, 0.2) is 54.6 Å². The van der Waals surface area contributed by atoms with E-state index in [4.69, 9.17) is 0 Å². The zero-order valence-electron chi connectivity index (χ0n) is 11.2. The Balaban J connectivity index is 1.96. The molecule has 1 aromatic rings. The molecule has 1 atom stereocenters. The predicted octanol–water partition coefficient (Wildman–Crippen LogP) is 4.20. The van der Waals surface area contributed by atoms with Crippen LogP contribution < -0.4 is 0 Å². The number of Topliss-reactive ketones (excluding diaryl/α,β-unsaturated/α-hetero) is 1. The average Bonchev–Trinajstić information content (AvgIpc) is 2.49. The van der Waals surface area contributed by atoms with E-state index in [0.717, 1.165) is 32.1 Å². The molecule has 0 amide bonds.